The Kier molecular flexibility index (Phi) is 10.3. The summed E-state index contributed by atoms with van der Waals surface area (Å²) in [5.41, 5.74) is -0.647. The van der Waals surface area contributed by atoms with Gasteiger partial charge in [-0.2, -0.15) is 0 Å². The fourth-order valence-electron chi connectivity index (χ4n) is 3.19. The molecule has 2 unspecified atom stereocenters. The zero-order chi connectivity index (χ0) is 24.0. The Morgan fingerprint density at radius 3 is 2.35 bits per heavy atom. The first-order valence-corrected chi connectivity index (χ1v) is 10.5. The second-order valence-corrected chi connectivity index (χ2v) is 8.69. The average molecular weight is 449 g/mol. The van der Waals surface area contributed by atoms with Gasteiger partial charge in [0.05, 0.1) is 13.2 Å². The summed E-state index contributed by atoms with van der Waals surface area (Å²) in [6.45, 7) is 12.4. The van der Waals surface area contributed by atoms with Crippen LogP contribution in [0.2, 0.25) is 0 Å². The highest BCUT2D eigenvalue weighted by Gasteiger charge is 2.46. The Morgan fingerprint density at radius 2 is 1.90 bits per heavy atom. The molecule has 1 heterocycles. The molecule has 1 saturated heterocycles. The minimum absolute atomic E-state index is 0.0807. The quantitative estimate of drug-likeness (QED) is 0.326. The number of rotatable bonds is 8. The van der Waals surface area contributed by atoms with Gasteiger partial charge in [0, 0.05) is 20.8 Å². The van der Waals surface area contributed by atoms with Gasteiger partial charge >= 0.3 is 6.09 Å². The number of carbonyl (C=O) groups excluding carboxylic acids is 1. The Balaban J connectivity index is 3.21. The lowest BCUT2D eigenvalue weighted by Crippen LogP contribution is -2.59. The van der Waals surface area contributed by atoms with Crippen LogP contribution in [-0.4, -0.2) is 103 Å². The van der Waals surface area contributed by atoms with E-state index in [1.165, 1.54) is 19.1 Å². The van der Waals surface area contributed by atoms with E-state index in [4.69, 9.17) is 23.7 Å². The van der Waals surface area contributed by atoms with E-state index in [2.05, 4.69) is 4.99 Å². The Hall–Kier alpha value is -1.30. The number of ether oxygens (including phenoxy) is 5. The zero-order valence-electron chi connectivity index (χ0n) is 20.2. The maximum Gasteiger partial charge on any atom is 0.415 e. The first kappa shape index (κ1) is 27.7. The van der Waals surface area contributed by atoms with Crippen molar-refractivity contribution in [1.29, 1.82) is 0 Å². The van der Waals surface area contributed by atoms with Crippen molar-refractivity contribution in [2.75, 3.05) is 34.0 Å². The molecule has 0 aromatic heterocycles. The largest absolute Gasteiger partial charge is 0.443 e. The number of amides is 1. The molecular formula is C21H40N2O8. The first-order valence-electron chi connectivity index (χ1n) is 10.5. The Bertz CT molecular complexity index is 609. The second-order valence-electron chi connectivity index (χ2n) is 8.69. The Labute approximate surface area is 185 Å². The van der Waals surface area contributed by atoms with Crippen LogP contribution in [0.25, 0.3) is 0 Å². The molecule has 6 atom stereocenters. The van der Waals surface area contributed by atoms with E-state index in [1.807, 2.05) is 6.92 Å². The Morgan fingerprint density at radius 1 is 1.29 bits per heavy atom. The summed E-state index contributed by atoms with van der Waals surface area (Å²) in [5, 5.41) is 20.4. The summed E-state index contributed by atoms with van der Waals surface area (Å²) >= 11 is 0. The third-order valence-electron chi connectivity index (χ3n) is 5.30. The van der Waals surface area contributed by atoms with Crippen molar-refractivity contribution in [2.24, 2.45) is 4.99 Å². The lowest BCUT2D eigenvalue weighted by Gasteiger charge is -2.44. The minimum Gasteiger partial charge on any atom is -0.443 e. The average Bonchev–Trinajstić information content (AvgIpc) is 2.69. The number of aliphatic hydroxyl groups is 2. The van der Waals surface area contributed by atoms with Gasteiger partial charge in [0.15, 0.2) is 5.79 Å². The molecule has 1 rings (SSSR count). The number of hydrogen-bond acceptors (Lipinski definition) is 9. The molecule has 182 valence electrons. The molecular weight excluding hydrogens is 408 g/mol. The van der Waals surface area contributed by atoms with Crippen LogP contribution in [0.4, 0.5) is 4.79 Å². The smallest absolute Gasteiger partial charge is 0.415 e. The number of methoxy groups -OCH3 is 2. The number of nitrogens with zero attached hydrogens (tertiary/aromatic N) is 2. The van der Waals surface area contributed by atoms with Gasteiger partial charge in [-0.3, -0.25) is 9.89 Å². The van der Waals surface area contributed by atoms with E-state index in [0.717, 1.165) is 0 Å². The number of carbonyl (C=O) groups is 1. The lowest BCUT2D eigenvalue weighted by molar-refractivity contribution is -0.310. The third kappa shape index (κ3) is 7.37. The van der Waals surface area contributed by atoms with Crippen LogP contribution >= 0.6 is 0 Å². The summed E-state index contributed by atoms with van der Waals surface area (Å²) in [5.74, 6) is -0.790. The van der Waals surface area contributed by atoms with Crippen LogP contribution in [0.15, 0.2) is 4.99 Å². The third-order valence-corrected chi connectivity index (χ3v) is 5.30. The summed E-state index contributed by atoms with van der Waals surface area (Å²) in [6.07, 6.45) is -3.85. The van der Waals surface area contributed by atoms with E-state index in [-0.39, 0.29) is 13.2 Å². The molecule has 0 saturated carbocycles. The van der Waals surface area contributed by atoms with Crippen LogP contribution in [0.1, 0.15) is 48.5 Å². The van der Waals surface area contributed by atoms with Crippen molar-refractivity contribution in [3.8, 4) is 0 Å². The molecule has 1 aliphatic heterocycles. The van der Waals surface area contributed by atoms with Crippen LogP contribution in [0.5, 0.6) is 0 Å². The zero-order valence-corrected chi connectivity index (χ0v) is 20.2. The molecule has 0 radical (unpaired) electrons. The first-order chi connectivity index (χ1) is 14.3. The van der Waals surface area contributed by atoms with E-state index in [1.54, 1.807) is 41.5 Å². The maximum absolute atomic E-state index is 12.6. The second kappa shape index (κ2) is 11.5. The highest BCUT2D eigenvalue weighted by atomic mass is 16.7. The molecule has 0 aliphatic carbocycles. The van der Waals surface area contributed by atoms with Crippen molar-refractivity contribution in [3.63, 3.8) is 0 Å². The van der Waals surface area contributed by atoms with Crippen molar-refractivity contribution in [1.82, 2.24) is 4.90 Å². The number of amidine groups is 1. The maximum atomic E-state index is 12.6. The van der Waals surface area contributed by atoms with Gasteiger partial charge < -0.3 is 33.9 Å². The molecule has 1 aliphatic rings. The SMILES string of the molecule is CCN(C(=O)OC(C)(C)C)C(C)=N[C@H]1CO[C@H](CO)[C@@H](O)[C@@H]1OC(C)(OC)C(C)OC. The summed E-state index contributed by atoms with van der Waals surface area (Å²) in [7, 11) is 3.01. The van der Waals surface area contributed by atoms with Gasteiger partial charge in [-0.25, -0.2) is 4.79 Å². The van der Waals surface area contributed by atoms with Gasteiger partial charge in [-0.15, -0.1) is 0 Å². The van der Waals surface area contributed by atoms with Crippen molar-refractivity contribution >= 4 is 11.9 Å². The van der Waals surface area contributed by atoms with Gasteiger partial charge in [0.1, 0.15) is 41.9 Å². The molecule has 0 spiro atoms. The fraction of sp³-hybridized carbons (Fsp3) is 0.905. The fourth-order valence-corrected chi connectivity index (χ4v) is 3.19. The van der Waals surface area contributed by atoms with E-state index < -0.39 is 47.9 Å². The molecule has 31 heavy (non-hydrogen) atoms. The topological polar surface area (TPSA) is 119 Å². The summed E-state index contributed by atoms with van der Waals surface area (Å²) in [4.78, 5) is 18.6. The summed E-state index contributed by atoms with van der Waals surface area (Å²) < 4.78 is 28.1. The van der Waals surface area contributed by atoms with Gasteiger partial charge in [0.25, 0.3) is 0 Å². The number of hydrogen-bond donors (Lipinski definition) is 2. The molecule has 2 N–H and O–H groups in total. The van der Waals surface area contributed by atoms with E-state index in [9.17, 15) is 15.0 Å². The van der Waals surface area contributed by atoms with Crippen molar-refractivity contribution < 1.29 is 38.7 Å². The molecule has 10 heteroatoms. The van der Waals surface area contributed by atoms with Crippen LogP contribution < -0.4 is 0 Å². The molecule has 10 nitrogen and oxygen atoms in total. The predicted molar refractivity (Wildman–Crippen MR) is 115 cm³/mol. The van der Waals surface area contributed by atoms with Crippen molar-refractivity contribution in [2.45, 2.75) is 90.3 Å². The normalized spacial score (nSPS) is 28.0. The van der Waals surface area contributed by atoms with Crippen LogP contribution in [0, 0.1) is 0 Å². The van der Waals surface area contributed by atoms with E-state index in [0.29, 0.717) is 12.4 Å². The lowest BCUT2D eigenvalue weighted by atomic mass is 9.97. The van der Waals surface area contributed by atoms with Gasteiger partial charge in [-0.1, -0.05) is 0 Å². The van der Waals surface area contributed by atoms with Crippen molar-refractivity contribution in [3.05, 3.63) is 0 Å². The van der Waals surface area contributed by atoms with Crippen LogP contribution in [0.3, 0.4) is 0 Å². The molecule has 0 aromatic carbocycles. The minimum atomic E-state index is -1.19. The summed E-state index contributed by atoms with van der Waals surface area (Å²) in [6, 6.07) is -0.659. The number of aliphatic imine (C=N–C) groups is 1. The predicted octanol–water partition coefficient (Wildman–Crippen LogP) is 1.57. The van der Waals surface area contributed by atoms with Gasteiger partial charge in [-0.05, 0) is 48.5 Å². The number of aliphatic hydroxyl groups excluding tert-OH is 2. The monoisotopic (exact) mass is 448 g/mol. The van der Waals surface area contributed by atoms with E-state index >= 15 is 0 Å². The highest BCUT2D eigenvalue weighted by molar-refractivity contribution is 5.94. The molecule has 0 bridgehead atoms. The molecule has 1 fully saturated rings. The standard InChI is InChI=1S/C21H40N2O8/c1-10-23(19(26)31-20(4,5)6)14(3)22-15-12-29-16(11-24)17(25)18(15)30-21(7,28-9)13(2)27-8/h13,15-18,24-25H,10-12H2,1-9H3/t13?,15-,16+,17+,18+,21?/m0/s1. The molecule has 1 amide bonds. The highest BCUT2D eigenvalue weighted by Crippen LogP contribution is 2.29. The van der Waals surface area contributed by atoms with Crippen LogP contribution in [-0.2, 0) is 23.7 Å². The van der Waals surface area contributed by atoms with Gasteiger partial charge in [0.2, 0.25) is 0 Å². The molecule has 0 aromatic rings.